The van der Waals surface area contributed by atoms with E-state index in [0.29, 0.717) is 5.92 Å². The maximum absolute atomic E-state index is 5.94. The van der Waals surface area contributed by atoms with Crippen LogP contribution in [0.3, 0.4) is 0 Å². The first-order chi connectivity index (χ1) is 8.49. The Balaban J connectivity index is 2.34. The van der Waals surface area contributed by atoms with Gasteiger partial charge in [-0.1, -0.05) is 38.1 Å². The molecule has 2 nitrogen and oxygen atoms in total. The van der Waals surface area contributed by atoms with Gasteiger partial charge in [-0.15, -0.1) is 11.3 Å². The average molecular weight is 260 g/mol. The molecule has 18 heavy (non-hydrogen) atoms. The van der Waals surface area contributed by atoms with Crippen molar-refractivity contribution in [2.45, 2.75) is 39.7 Å². The molecule has 1 atom stereocenters. The first-order valence-corrected chi connectivity index (χ1v) is 7.14. The van der Waals surface area contributed by atoms with Gasteiger partial charge < -0.3 is 5.73 Å². The Morgan fingerprint density at radius 1 is 1.11 bits per heavy atom. The van der Waals surface area contributed by atoms with Gasteiger partial charge in [0.05, 0.1) is 5.69 Å². The third-order valence-electron chi connectivity index (χ3n) is 3.07. The van der Waals surface area contributed by atoms with Crippen LogP contribution in [0, 0.1) is 6.92 Å². The molecule has 96 valence electrons. The topological polar surface area (TPSA) is 38.9 Å². The molecule has 2 aromatic rings. The summed E-state index contributed by atoms with van der Waals surface area (Å²) in [6, 6.07) is 8.73. The van der Waals surface area contributed by atoms with Gasteiger partial charge in [-0.2, -0.15) is 0 Å². The van der Waals surface area contributed by atoms with Crippen LogP contribution < -0.4 is 5.73 Å². The van der Waals surface area contributed by atoms with Gasteiger partial charge in [0.1, 0.15) is 5.01 Å². The molecule has 0 aliphatic heterocycles. The number of aromatic nitrogens is 1. The fourth-order valence-electron chi connectivity index (χ4n) is 1.96. The van der Waals surface area contributed by atoms with Crippen LogP contribution in [0.5, 0.6) is 0 Å². The Hall–Kier alpha value is -1.19. The third kappa shape index (κ3) is 2.62. The van der Waals surface area contributed by atoms with Crippen molar-refractivity contribution in [3.05, 3.63) is 40.4 Å². The van der Waals surface area contributed by atoms with Gasteiger partial charge in [-0.05, 0) is 25.3 Å². The van der Waals surface area contributed by atoms with Gasteiger partial charge >= 0.3 is 0 Å². The molecule has 3 heteroatoms. The van der Waals surface area contributed by atoms with Crippen molar-refractivity contribution < 1.29 is 0 Å². The first kappa shape index (κ1) is 13.2. The van der Waals surface area contributed by atoms with Crippen LogP contribution in [0.1, 0.15) is 48.9 Å². The van der Waals surface area contributed by atoms with E-state index in [1.807, 2.05) is 13.8 Å². The Kier molecular flexibility index (Phi) is 3.83. The van der Waals surface area contributed by atoms with E-state index in [1.54, 1.807) is 11.3 Å². The zero-order valence-corrected chi connectivity index (χ0v) is 12.2. The number of nitrogens with two attached hydrogens (primary N) is 1. The summed E-state index contributed by atoms with van der Waals surface area (Å²) in [4.78, 5) is 5.79. The molecule has 0 aliphatic carbocycles. The van der Waals surface area contributed by atoms with E-state index < -0.39 is 0 Å². The highest BCUT2D eigenvalue weighted by molar-refractivity contribution is 7.15. The molecule has 0 radical (unpaired) electrons. The maximum atomic E-state index is 5.94. The molecule has 1 heterocycles. The van der Waals surface area contributed by atoms with Crippen LogP contribution in [0.2, 0.25) is 0 Å². The molecule has 1 unspecified atom stereocenters. The van der Waals surface area contributed by atoms with E-state index in [-0.39, 0.29) is 6.04 Å². The van der Waals surface area contributed by atoms with Gasteiger partial charge in [0.15, 0.2) is 0 Å². The SMILES string of the molecule is Cc1nc(-c2ccc(C(C)C)cc2)sc1C(C)N. The average Bonchev–Trinajstić information content (AvgIpc) is 2.71. The minimum atomic E-state index is 0.0613. The lowest BCUT2D eigenvalue weighted by atomic mass is 10.0. The predicted octanol–water partition coefficient (Wildman–Crippen LogP) is 4.26. The van der Waals surface area contributed by atoms with Crippen molar-refractivity contribution in [1.82, 2.24) is 4.98 Å². The quantitative estimate of drug-likeness (QED) is 0.895. The van der Waals surface area contributed by atoms with Crippen LogP contribution in [-0.4, -0.2) is 4.98 Å². The smallest absolute Gasteiger partial charge is 0.123 e. The van der Waals surface area contributed by atoms with Crippen molar-refractivity contribution in [2.75, 3.05) is 0 Å². The van der Waals surface area contributed by atoms with Gasteiger partial charge in [-0.3, -0.25) is 0 Å². The lowest BCUT2D eigenvalue weighted by Crippen LogP contribution is -2.03. The molecule has 0 saturated heterocycles. The zero-order valence-electron chi connectivity index (χ0n) is 11.4. The molecule has 0 spiro atoms. The van der Waals surface area contributed by atoms with Crippen molar-refractivity contribution in [3.63, 3.8) is 0 Å². The molecular formula is C15H20N2S. The van der Waals surface area contributed by atoms with E-state index >= 15 is 0 Å². The van der Waals surface area contributed by atoms with Crippen LogP contribution in [0.4, 0.5) is 0 Å². The lowest BCUT2D eigenvalue weighted by molar-refractivity contribution is 0.825. The number of nitrogens with zero attached hydrogens (tertiary/aromatic N) is 1. The van der Waals surface area contributed by atoms with Gasteiger partial charge in [-0.25, -0.2) is 4.98 Å². The normalized spacial score (nSPS) is 13.0. The summed E-state index contributed by atoms with van der Waals surface area (Å²) in [5.41, 5.74) is 9.53. The summed E-state index contributed by atoms with van der Waals surface area (Å²) in [5.74, 6) is 0.566. The van der Waals surface area contributed by atoms with Gasteiger partial charge in [0, 0.05) is 16.5 Å². The standard InChI is InChI=1S/C15H20N2S/c1-9(2)12-5-7-13(8-6-12)15-17-11(4)14(18-15)10(3)16/h5-10H,16H2,1-4H3. The van der Waals surface area contributed by atoms with Crippen LogP contribution in [0.15, 0.2) is 24.3 Å². The van der Waals surface area contributed by atoms with E-state index in [2.05, 4.69) is 43.1 Å². The fourth-order valence-corrected chi connectivity index (χ4v) is 2.99. The molecule has 0 bridgehead atoms. The fraction of sp³-hybridized carbons (Fsp3) is 0.400. The highest BCUT2D eigenvalue weighted by Gasteiger charge is 2.12. The van der Waals surface area contributed by atoms with Crippen molar-refractivity contribution in [1.29, 1.82) is 0 Å². The molecule has 2 rings (SSSR count). The Morgan fingerprint density at radius 2 is 1.72 bits per heavy atom. The van der Waals surface area contributed by atoms with E-state index in [0.717, 1.165) is 10.7 Å². The predicted molar refractivity (Wildman–Crippen MR) is 79.0 cm³/mol. The number of thiazole rings is 1. The largest absolute Gasteiger partial charge is 0.323 e. The molecule has 0 fully saturated rings. The van der Waals surface area contributed by atoms with Crippen LogP contribution in [0.25, 0.3) is 10.6 Å². The highest BCUT2D eigenvalue weighted by atomic mass is 32.1. The Bertz CT molecular complexity index is 524. The summed E-state index contributed by atoms with van der Waals surface area (Å²) in [6.45, 7) is 8.45. The van der Waals surface area contributed by atoms with Crippen molar-refractivity contribution in [3.8, 4) is 10.6 Å². The Morgan fingerprint density at radius 3 is 2.17 bits per heavy atom. The zero-order chi connectivity index (χ0) is 13.3. The van der Waals surface area contributed by atoms with E-state index in [4.69, 9.17) is 5.73 Å². The number of hydrogen-bond acceptors (Lipinski definition) is 3. The highest BCUT2D eigenvalue weighted by Crippen LogP contribution is 2.31. The summed E-state index contributed by atoms with van der Waals surface area (Å²) in [6.07, 6.45) is 0. The van der Waals surface area contributed by atoms with E-state index in [1.165, 1.54) is 16.0 Å². The van der Waals surface area contributed by atoms with Crippen LogP contribution >= 0.6 is 11.3 Å². The van der Waals surface area contributed by atoms with Gasteiger partial charge in [0.2, 0.25) is 0 Å². The molecule has 0 saturated carbocycles. The first-order valence-electron chi connectivity index (χ1n) is 6.32. The van der Waals surface area contributed by atoms with Crippen LogP contribution in [-0.2, 0) is 0 Å². The second kappa shape index (κ2) is 5.21. The number of hydrogen-bond donors (Lipinski definition) is 1. The van der Waals surface area contributed by atoms with Gasteiger partial charge in [0.25, 0.3) is 0 Å². The molecule has 0 aliphatic rings. The molecule has 1 aromatic heterocycles. The van der Waals surface area contributed by atoms with Crippen molar-refractivity contribution >= 4 is 11.3 Å². The maximum Gasteiger partial charge on any atom is 0.123 e. The minimum Gasteiger partial charge on any atom is -0.323 e. The summed E-state index contributed by atoms with van der Waals surface area (Å²) < 4.78 is 0. The summed E-state index contributed by atoms with van der Waals surface area (Å²) >= 11 is 1.70. The molecular weight excluding hydrogens is 240 g/mol. The number of aryl methyl sites for hydroxylation is 1. The number of rotatable bonds is 3. The molecule has 1 aromatic carbocycles. The monoisotopic (exact) mass is 260 g/mol. The summed E-state index contributed by atoms with van der Waals surface area (Å²) in [7, 11) is 0. The van der Waals surface area contributed by atoms with Crippen molar-refractivity contribution in [2.24, 2.45) is 5.73 Å². The minimum absolute atomic E-state index is 0.0613. The number of benzene rings is 1. The molecule has 2 N–H and O–H groups in total. The lowest BCUT2D eigenvalue weighted by Gasteiger charge is -2.05. The third-order valence-corrected chi connectivity index (χ3v) is 4.48. The second-order valence-corrected chi connectivity index (χ2v) is 6.06. The molecule has 0 amide bonds. The van der Waals surface area contributed by atoms with E-state index in [9.17, 15) is 0 Å². The second-order valence-electron chi connectivity index (χ2n) is 5.03. The summed E-state index contributed by atoms with van der Waals surface area (Å²) in [5, 5.41) is 1.06. The Labute approximate surface area is 113 Å².